The zero-order valence-corrected chi connectivity index (χ0v) is 8.08. The van der Waals surface area contributed by atoms with Crippen LogP contribution >= 0.6 is 0 Å². The molecule has 0 spiro atoms. The SMILES string of the molecule is CC1=CC=C[N+](F)(S(=O)(=O)[O-])C1C. The molecule has 0 saturated carbocycles. The van der Waals surface area contributed by atoms with Crippen LogP contribution < -0.4 is 0 Å². The zero-order valence-electron chi connectivity index (χ0n) is 7.27. The van der Waals surface area contributed by atoms with E-state index in [2.05, 4.69) is 0 Å². The Hall–Kier alpha value is -0.720. The summed E-state index contributed by atoms with van der Waals surface area (Å²) in [4.78, 5) is 0. The lowest BCUT2D eigenvalue weighted by atomic mass is 10.1. The molecule has 0 amide bonds. The minimum atomic E-state index is -5.01. The molecule has 6 heteroatoms. The fourth-order valence-electron chi connectivity index (χ4n) is 1.13. The Kier molecular flexibility index (Phi) is 2.31. The number of nitrogens with zero attached hydrogens (tertiary/aromatic N) is 1. The molecule has 74 valence electrons. The van der Waals surface area contributed by atoms with Gasteiger partial charge in [0, 0.05) is 4.48 Å². The highest BCUT2D eigenvalue weighted by atomic mass is 32.2. The van der Waals surface area contributed by atoms with Crippen molar-refractivity contribution in [1.29, 1.82) is 0 Å². The summed E-state index contributed by atoms with van der Waals surface area (Å²) in [5, 5.41) is 0. The fraction of sp³-hybridized carbons (Fsp3) is 0.429. The van der Waals surface area contributed by atoms with E-state index < -0.39 is 20.5 Å². The monoisotopic (exact) mass is 207 g/mol. The van der Waals surface area contributed by atoms with Gasteiger partial charge >= 0.3 is 0 Å². The molecule has 13 heavy (non-hydrogen) atoms. The van der Waals surface area contributed by atoms with E-state index in [0.29, 0.717) is 5.57 Å². The molecule has 0 bridgehead atoms. The van der Waals surface area contributed by atoms with Gasteiger partial charge in [-0.25, -0.2) is 0 Å². The van der Waals surface area contributed by atoms with Crippen molar-refractivity contribution in [3.8, 4) is 0 Å². The predicted octanol–water partition coefficient (Wildman–Crippen LogP) is 1.01. The lowest BCUT2D eigenvalue weighted by Gasteiger charge is -2.31. The highest BCUT2D eigenvalue weighted by Crippen LogP contribution is 2.29. The van der Waals surface area contributed by atoms with Crippen molar-refractivity contribution in [2.75, 3.05) is 0 Å². The van der Waals surface area contributed by atoms with E-state index in [1.54, 1.807) is 13.0 Å². The Balaban J connectivity index is 3.23. The molecule has 1 aliphatic heterocycles. The van der Waals surface area contributed by atoms with Crippen LogP contribution in [0, 0.1) is 0 Å². The van der Waals surface area contributed by atoms with Gasteiger partial charge < -0.3 is 4.55 Å². The second kappa shape index (κ2) is 2.90. The van der Waals surface area contributed by atoms with Crippen molar-refractivity contribution >= 4 is 10.3 Å². The van der Waals surface area contributed by atoms with Crippen LogP contribution in [-0.4, -0.2) is 23.1 Å². The predicted molar refractivity (Wildman–Crippen MR) is 43.4 cm³/mol. The van der Waals surface area contributed by atoms with Crippen LogP contribution in [0.15, 0.2) is 23.9 Å². The van der Waals surface area contributed by atoms with Gasteiger partial charge in [-0.05, 0) is 29.6 Å². The molecule has 4 nitrogen and oxygen atoms in total. The van der Waals surface area contributed by atoms with Crippen LogP contribution in [0.4, 0.5) is 4.48 Å². The molecule has 0 fully saturated rings. The van der Waals surface area contributed by atoms with Crippen LogP contribution in [0.1, 0.15) is 13.8 Å². The number of halogens is 1. The van der Waals surface area contributed by atoms with E-state index >= 15 is 0 Å². The maximum Gasteiger partial charge on any atom is 0.296 e. The summed E-state index contributed by atoms with van der Waals surface area (Å²) in [6, 6.07) is -0.979. The van der Waals surface area contributed by atoms with Crippen LogP contribution in [0.3, 0.4) is 0 Å². The molecule has 1 rings (SSSR count). The Morgan fingerprint density at radius 1 is 1.62 bits per heavy atom. The van der Waals surface area contributed by atoms with E-state index in [1.165, 1.54) is 13.0 Å². The summed E-state index contributed by atoms with van der Waals surface area (Å²) in [6.45, 7) is 2.93. The maximum atomic E-state index is 13.6. The lowest BCUT2D eigenvalue weighted by molar-refractivity contribution is -0.925. The zero-order chi connectivity index (χ0) is 10.3. The summed E-state index contributed by atoms with van der Waals surface area (Å²) in [5.41, 5.74) is 0.518. The van der Waals surface area contributed by atoms with Gasteiger partial charge in [0.2, 0.25) is 0 Å². The van der Waals surface area contributed by atoms with Crippen molar-refractivity contribution < 1.29 is 21.6 Å². The molecule has 0 N–H and O–H groups in total. The molecule has 0 aliphatic carbocycles. The van der Waals surface area contributed by atoms with Crippen molar-refractivity contribution in [3.63, 3.8) is 0 Å². The number of rotatable bonds is 1. The third-order valence-corrected chi connectivity index (χ3v) is 3.30. The molecule has 2 unspecified atom stereocenters. The van der Waals surface area contributed by atoms with Gasteiger partial charge in [0.05, 0.1) is 0 Å². The minimum absolute atomic E-state index is 0.518. The van der Waals surface area contributed by atoms with Crippen LogP contribution in [0.25, 0.3) is 0 Å². The van der Waals surface area contributed by atoms with Crippen LogP contribution in [-0.2, 0) is 10.3 Å². The number of hydrogen-bond acceptors (Lipinski definition) is 3. The van der Waals surface area contributed by atoms with Gasteiger partial charge in [0.15, 0.2) is 12.2 Å². The van der Waals surface area contributed by atoms with E-state index in [1.807, 2.05) is 0 Å². The third-order valence-electron chi connectivity index (χ3n) is 2.18. The van der Waals surface area contributed by atoms with Gasteiger partial charge in [-0.3, -0.25) is 0 Å². The molecule has 0 radical (unpaired) electrons. The number of hydrogen-bond donors (Lipinski definition) is 0. The highest BCUT2D eigenvalue weighted by molar-refractivity contribution is 7.79. The van der Waals surface area contributed by atoms with Crippen molar-refractivity contribution in [2.45, 2.75) is 19.9 Å². The second-order valence-electron chi connectivity index (χ2n) is 2.98. The van der Waals surface area contributed by atoms with Gasteiger partial charge in [0.25, 0.3) is 10.3 Å². The van der Waals surface area contributed by atoms with Crippen molar-refractivity contribution in [2.24, 2.45) is 0 Å². The molecule has 0 aromatic rings. The van der Waals surface area contributed by atoms with E-state index in [-0.39, 0.29) is 0 Å². The molecule has 1 aliphatic rings. The largest absolute Gasteiger partial charge is 0.699 e. The maximum absolute atomic E-state index is 13.6. The molecular formula is C7H10FNO3S. The minimum Gasteiger partial charge on any atom is -0.699 e. The quantitative estimate of drug-likeness (QED) is 0.476. The molecule has 0 aromatic heterocycles. The van der Waals surface area contributed by atoms with E-state index in [4.69, 9.17) is 0 Å². The van der Waals surface area contributed by atoms with Gasteiger partial charge in [-0.1, -0.05) is 6.08 Å². The summed E-state index contributed by atoms with van der Waals surface area (Å²) >= 11 is 0. The van der Waals surface area contributed by atoms with Crippen LogP contribution in [0.2, 0.25) is 0 Å². The molecule has 1 heterocycles. The van der Waals surface area contributed by atoms with Crippen LogP contribution in [0.5, 0.6) is 0 Å². The first-order chi connectivity index (χ1) is 5.79. The molecule has 0 aromatic carbocycles. The summed E-state index contributed by atoms with van der Waals surface area (Å²) in [5.74, 6) is 0. The standard InChI is InChI=1S/C7H10FNO3S/c1-6-4-3-5-9(8,7(6)2)13(10,11)12/h3-5,7H,1-2H3. The normalized spacial score (nSPS) is 34.5. The number of quaternary nitrogens is 1. The molecule has 0 saturated heterocycles. The first kappa shape index (κ1) is 10.4. The summed E-state index contributed by atoms with van der Waals surface area (Å²) in [6.07, 6.45) is 3.54. The highest BCUT2D eigenvalue weighted by Gasteiger charge is 2.43. The first-order valence-corrected chi connectivity index (χ1v) is 5.05. The van der Waals surface area contributed by atoms with Crippen molar-refractivity contribution in [3.05, 3.63) is 23.9 Å². The Morgan fingerprint density at radius 2 is 2.15 bits per heavy atom. The third kappa shape index (κ3) is 1.52. The molecular weight excluding hydrogens is 197 g/mol. The lowest BCUT2D eigenvalue weighted by Crippen LogP contribution is -2.48. The topological polar surface area (TPSA) is 57.2 Å². The van der Waals surface area contributed by atoms with Crippen molar-refractivity contribution in [1.82, 2.24) is 0 Å². The fourth-order valence-corrected chi connectivity index (χ4v) is 1.90. The van der Waals surface area contributed by atoms with Gasteiger partial charge in [-0.15, -0.1) is 0 Å². The Morgan fingerprint density at radius 3 is 2.54 bits per heavy atom. The van der Waals surface area contributed by atoms with E-state index in [9.17, 15) is 17.5 Å². The average molecular weight is 207 g/mol. The summed E-state index contributed by atoms with van der Waals surface area (Å²) < 4.78 is 43.4. The summed E-state index contributed by atoms with van der Waals surface area (Å²) in [7, 11) is -5.01. The average Bonchev–Trinajstić information content (AvgIpc) is 1.98. The van der Waals surface area contributed by atoms with Gasteiger partial charge in [0.1, 0.15) is 0 Å². The smallest absolute Gasteiger partial charge is 0.296 e. The van der Waals surface area contributed by atoms with E-state index in [0.717, 1.165) is 6.20 Å². The Labute approximate surface area is 76.4 Å². The second-order valence-corrected chi connectivity index (χ2v) is 4.40. The molecule has 2 atom stereocenters. The van der Waals surface area contributed by atoms with Gasteiger partial charge in [-0.2, -0.15) is 8.42 Å². The number of allylic oxidation sites excluding steroid dienone is 2. The first-order valence-electron chi connectivity index (χ1n) is 3.69. The Bertz CT molecular complexity index is 373.